The highest BCUT2D eigenvalue weighted by atomic mass is 16.5. The Morgan fingerprint density at radius 1 is 0.739 bits per heavy atom. The smallest absolute Gasteiger partial charge is 0.119 e. The zero-order valence-corrected chi connectivity index (χ0v) is 13.3. The van der Waals surface area contributed by atoms with Gasteiger partial charge in [-0.25, -0.2) is 0 Å². The summed E-state index contributed by atoms with van der Waals surface area (Å²) in [6, 6.07) is 27.0. The summed E-state index contributed by atoms with van der Waals surface area (Å²) < 4.78 is 5.18. The highest BCUT2D eigenvalue weighted by Crippen LogP contribution is 2.19. The van der Waals surface area contributed by atoms with Crippen LogP contribution in [0.2, 0.25) is 0 Å². The zero-order valence-electron chi connectivity index (χ0n) is 13.3. The van der Waals surface area contributed by atoms with Gasteiger partial charge in [0.05, 0.1) is 0 Å². The van der Waals surface area contributed by atoms with E-state index in [1.807, 2.05) is 18.2 Å². The lowest BCUT2D eigenvalue weighted by Crippen LogP contribution is -2.00. The van der Waals surface area contributed by atoms with Crippen molar-refractivity contribution in [3.8, 4) is 5.75 Å². The molecule has 2 aliphatic heterocycles. The SMILES string of the molecule is Cc1cccc(/C=C/c2ccccc2)c1.c1cc2ccc1CO2. The largest absolute Gasteiger partial charge is 0.489 e. The van der Waals surface area contributed by atoms with E-state index < -0.39 is 0 Å². The third kappa shape index (κ3) is 4.58. The lowest BCUT2D eigenvalue weighted by atomic mass is 10.1. The number of ether oxygens (including phenoxy) is 1. The van der Waals surface area contributed by atoms with Crippen LogP contribution in [0.5, 0.6) is 5.75 Å². The van der Waals surface area contributed by atoms with Crippen LogP contribution >= 0.6 is 0 Å². The van der Waals surface area contributed by atoms with Gasteiger partial charge in [-0.1, -0.05) is 84.4 Å². The first-order chi connectivity index (χ1) is 11.3. The molecule has 114 valence electrons. The summed E-state index contributed by atoms with van der Waals surface area (Å²) in [5.74, 6) is 0.986. The van der Waals surface area contributed by atoms with Crippen molar-refractivity contribution < 1.29 is 4.74 Å². The predicted octanol–water partition coefficient (Wildman–Crippen LogP) is 5.74. The van der Waals surface area contributed by atoms with Crippen molar-refractivity contribution >= 4 is 12.2 Å². The van der Waals surface area contributed by atoms with Crippen LogP contribution in [0.15, 0.2) is 78.9 Å². The number of benzene rings is 3. The average molecular weight is 300 g/mol. The number of hydrogen-bond donors (Lipinski definition) is 0. The maximum atomic E-state index is 5.18. The van der Waals surface area contributed by atoms with Gasteiger partial charge in [0.15, 0.2) is 0 Å². The molecule has 0 unspecified atom stereocenters. The van der Waals surface area contributed by atoms with Gasteiger partial charge in [-0.05, 0) is 35.7 Å². The number of fused-ring (bicyclic) bond motifs is 3. The zero-order chi connectivity index (χ0) is 15.9. The number of aryl methyl sites for hydroxylation is 1. The molecule has 3 aromatic carbocycles. The molecule has 0 amide bonds. The lowest BCUT2D eigenvalue weighted by Gasteiger charge is -2.11. The van der Waals surface area contributed by atoms with Gasteiger partial charge in [-0.2, -0.15) is 0 Å². The van der Waals surface area contributed by atoms with Crippen LogP contribution in [0.25, 0.3) is 12.2 Å². The molecule has 2 bridgehead atoms. The van der Waals surface area contributed by atoms with Crippen LogP contribution < -0.4 is 4.74 Å². The van der Waals surface area contributed by atoms with E-state index in [1.54, 1.807) is 0 Å². The summed E-state index contributed by atoms with van der Waals surface area (Å²) in [5.41, 5.74) is 5.04. The lowest BCUT2D eigenvalue weighted by molar-refractivity contribution is 0.295. The molecule has 5 rings (SSSR count). The Bertz CT molecular complexity index is 748. The predicted molar refractivity (Wildman–Crippen MR) is 97.3 cm³/mol. The number of rotatable bonds is 2. The van der Waals surface area contributed by atoms with Crippen molar-refractivity contribution in [1.29, 1.82) is 0 Å². The maximum Gasteiger partial charge on any atom is 0.119 e. The van der Waals surface area contributed by atoms with E-state index in [4.69, 9.17) is 4.74 Å². The molecule has 1 heteroatoms. The van der Waals surface area contributed by atoms with Gasteiger partial charge in [0.25, 0.3) is 0 Å². The molecule has 0 atom stereocenters. The summed E-state index contributed by atoms with van der Waals surface area (Å²) >= 11 is 0. The normalized spacial score (nSPS) is 11.7. The Balaban J connectivity index is 0.000000162. The second kappa shape index (κ2) is 7.46. The molecule has 0 saturated heterocycles. The van der Waals surface area contributed by atoms with E-state index in [1.165, 1.54) is 22.3 Å². The topological polar surface area (TPSA) is 9.23 Å². The van der Waals surface area contributed by atoms with Crippen molar-refractivity contribution in [2.45, 2.75) is 13.5 Å². The minimum atomic E-state index is 0.766. The molecule has 0 radical (unpaired) electrons. The first kappa shape index (κ1) is 15.1. The van der Waals surface area contributed by atoms with E-state index in [9.17, 15) is 0 Å². The third-order valence-corrected chi connectivity index (χ3v) is 3.64. The molecule has 2 aliphatic rings. The molecular weight excluding hydrogens is 280 g/mol. The Morgan fingerprint density at radius 3 is 1.96 bits per heavy atom. The van der Waals surface area contributed by atoms with Crippen molar-refractivity contribution in [1.82, 2.24) is 0 Å². The van der Waals surface area contributed by atoms with E-state index in [2.05, 4.69) is 79.7 Å². The molecule has 0 fully saturated rings. The fourth-order valence-corrected chi connectivity index (χ4v) is 2.38. The van der Waals surface area contributed by atoms with Gasteiger partial charge in [0.1, 0.15) is 12.4 Å². The van der Waals surface area contributed by atoms with Crippen LogP contribution in [0.1, 0.15) is 22.3 Å². The molecule has 0 aromatic heterocycles. The Kier molecular flexibility index (Phi) is 4.90. The van der Waals surface area contributed by atoms with Crippen LogP contribution in [-0.2, 0) is 6.61 Å². The molecular formula is C22H20O. The molecule has 3 aromatic rings. The molecule has 2 heterocycles. The molecule has 0 spiro atoms. The molecule has 0 N–H and O–H groups in total. The fourth-order valence-electron chi connectivity index (χ4n) is 2.38. The summed E-state index contributed by atoms with van der Waals surface area (Å²) in [6.45, 7) is 2.88. The molecule has 23 heavy (non-hydrogen) atoms. The summed E-state index contributed by atoms with van der Waals surface area (Å²) in [5, 5.41) is 0. The third-order valence-electron chi connectivity index (χ3n) is 3.64. The minimum Gasteiger partial charge on any atom is -0.489 e. The monoisotopic (exact) mass is 300 g/mol. The first-order valence-electron chi connectivity index (χ1n) is 7.81. The van der Waals surface area contributed by atoms with Gasteiger partial charge in [-0.3, -0.25) is 0 Å². The van der Waals surface area contributed by atoms with Gasteiger partial charge in [0.2, 0.25) is 0 Å². The van der Waals surface area contributed by atoms with E-state index in [0.29, 0.717) is 0 Å². The molecule has 0 saturated carbocycles. The van der Waals surface area contributed by atoms with Gasteiger partial charge in [0, 0.05) is 0 Å². The van der Waals surface area contributed by atoms with E-state index in [0.717, 1.165) is 12.4 Å². The average Bonchev–Trinajstić information content (AvgIpc) is 2.63. The molecule has 1 nitrogen and oxygen atoms in total. The Morgan fingerprint density at radius 2 is 1.43 bits per heavy atom. The van der Waals surface area contributed by atoms with Crippen LogP contribution in [0, 0.1) is 6.92 Å². The summed E-state index contributed by atoms with van der Waals surface area (Å²) in [7, 11) is 0. The first-order valence-corrected chi connectivity index (χ1v) is 7.81. The quantitative estimate of drug-likeness (QED) is 0.548. The van der Waals surface area contributed by atoms with Crippen molar-refractivity contribution in [3.05, 3.63) is 101 Å². The number of hydrogen-bond acceptors (Lipinski definition) is 1. The Hall–Kier alpha value is -2.80. The van der Waals surface area contributed by atoms with Crippen molar-refractivity contribution in [2.24, 2.45) is 0 Å². The summed E-state index contributed by atoms with van der Waals surface area (Å²) in [4.78, 5) is 0. The van der Waals surface area contributed by atoms with Crippen LogP contribution in [0.4, 0.5) is 0 Å². The van der Waals surface area contributed by atoms with Gasteiger partial charge < -0.3 is 4.74 Å². The van der Waals surface area contributed by atoms with Gasteiger partial charge in [-0.15, -0.1) is 0 Å². The standard InChI is InChI=1S/C15H14.C7H6O/c1-13-6-5-9-15(12-13)11-10-14-7-3-2-4-8-14;1-3-7-4-2-6(1)5-8-7/h2-12H,1H3;1-4H,5H2/b11-10+;. The maximum absolute atomic E-state index is 5.18. The summed E-state index contributed by atoms with van der Waals surface area (Å²) in [6.07, 6.45) is 4.27. The van der Waals surface area contributed by atoms with Gasteiger partial charge >= 0.3 is 0 Å². The van der Waals surface area contributed by atoms with Crippen molar-refractivity contribution in [3.63, 3.8) is 0 Å². The van der Waals surface area contributed by atoms with Crippen molar-refractivity contribution in [2.75, 3.05) is 0 Å². The van der Waals surface area contributed by atoms with Crippen LogP contribution in [-0.4, -0.2) is 0 Å². The highest BCUT2D eigenvalue weighted by Gasteiger charge is 2.01. The molecule has 0 aliphatic carbocycles. The highest BCUT2D eigenvalue weighted by molar-refractivity contribution is 5.69. The van der Waals surface area contributed by atoms with Crippen LogP contribution in [0.3, 0.4) is 0 Å². The second-order valence-electron chi connectivity index (χ2n) is 5.59. The Labute approximate surface area is 137 Å². The minimum absolute atomic E-state index is 0.766. The fraction of sp³-hybridized carbons (Fsp3) is 0.0909. The van der Waals surface area contributed by atoms with E-state index >= 15 is 0 Å². The second-order valence-corrected chi connectivity index (χ2v) is 5.59. The van der Waals surface area contributed by atoms with E-state index in [-0.39, 0.29) is 0 Å².